The van der Waals surface area contributed by atoms with Crippen molar-refractivity contribution in [3.05, 3.63) is 83.4 Å². The van der Waals surface area contributed by atoms with Gasteiger partial charge in [-0.15, -0.1) is 10.2 Å². The van der Waals surface area contributed by atoms with E-state index in [2.05, 4.69) is 20.2 Å². The molecule has 0 amide bonds. The summed E-state index contributed by atoms with van der Waals surface area (Å²) in [5.41, 5.74) is 1.90. The smallest absolute Gasteiger partial charge is 0.251 e. The van der Waals surface area contributed by atoms with Gasteiger partial charge in [0.2, 0.25) is 15.0 Å². The number of nitrogens with zero attached hydrogens (tertiary/aromatic N) is 6. The van der Waals surface area contributed by atoms with Gasteiger partial charge in [0.1, 0.15) is 0 Å². The van der Waals surface area contributed by atoms with E-state index in [1.807, 2.05) is 74.5 Å². The molecule has 0 fully saturated rings. The molecule has 0 aliphatic carbocycles. The fourth-order valence-electron chi connectivity index (χ4n) is 4.85. The van der Waals surface area contributed by atoms with Crippen LogP contribution in [-0.2, 0) is 20.6 Å². The van der Waals surface area contributed by atoms with E-state index in [9.17, 15) is 21.4 Å². The van der Waals surface area contributed by atoms with Crippen molar-refractivity contribution in [1.29, 1.82) is 0 Å². The average Bonchev–Trinajstić information content (AvgIpc) is 3.72. The van der Waals surface area contributed by atoms with E-state index in [4.69, 9.17) is 0 Å². The van der Waals surface area contributed by atoms with Gasteiger partial charge in [-0.05, 0) is 25.0 Å². The first-order valence-electron chi connectivity index (χ1n) is 13.4. The van der Waals surface area contributed by atoms with Gasteiger partial charge < -0.3 is 0 Å². The van der Waals surface area contributed by atoms with E-state index in [1.165, 1.54) is 4.68 Å². The maximum absolute atomic E-state index is 14.1. The number of halogens is 2. The Balaban J connectivity index is 0.000000165. The number of alkyl halides is 2. The summed E-state index contributed by atoms with van der Waals surface area (Å²) >= 11 is 0. The summed E-state index contributed by atoms with van der Waals surface area (Å²) in [6.45, 7) is 6.79. The van der Waals surface area contributed by atoms with Crippen molar-refractivity contribution in [2.45, 2.75) is 85.8 Å². The number of sulfone groups is 1. The van der Waals surface area contributed by atoms with Gasteiger partial charge in [-0.1, -0.05) is 74.5 Å². The van der Waals surface area contributed by atoms with Gasteiger partial charge in [-0.2, -0.15) is 4.98 Å². The summed E-state index contributed by atoms with van der Waals surface area (Å²) in [7, 11) is -4.88. The van der Waals surface area contributed by atoms with Gasteiger partial charge in [-0.25, -0.2) is 31.5 Å². The van der Waals surface area contributed by atoms with Crippen LogP contribution in [0.25, 0.3) is 0 Å². The van der Waals surface area contributed by atoms with Crippen LogP contribution < -0.4 is 0 Å². The van der Waals surface area contributed by atoms with Gasteiger partial charge in [0, 0.05) is 18.1 Å². The number of benzene rings is 2. The van der Waals surface area contributed by atoms with Crippen LogP contribution in [0.2, 0.25) is 0 Å². The highest BCUT2D eigenvalue weighted by atomic mass is 32.2. The minimum atomic E-state index is -3.59. The molecule has 0 saturated heterocycles. The molecule has 0 radical (unpaired) electrons. The highest BCUT2D eigenvalue weighted by molar-refractivity contribution is 7.91. The zero-order chi connectivity index (χ0) is 29.5. The molecule has 4 aromatic rings. The molecule has 5 atom stereocenters. The fraction of sp³-hybridized carbons (Fsp3) is 0.429. The molecular formula is C28H32F2N6O3S2. The Morgan fingerprint density at radius 1 is 0.780 bits per heavy atom. The van der Waals surface area contributed by atoms with Gasteiger partial charge in [0.15, 0.2) is 24.0 Å². The summed E-state index contributed by atoms with van der Waals surface area (Å²) in [4.78, 5) is 8.07. The molecule has 13 heteroatoms. The molecule has 9 nitrogen and oxygen atoms in total. The second-order valence-electron chi connectivity index (χ2n) is 10.6. The lowest BCUT2D eigenvalue weighted by Gasteiger charge is -2.11. The predicted molar refractivity (Wildman–Crippen MR) is 150 cm³/mol. The summed E-state index contributed by atoms with van der Waals surface area (Å²) in [6.07, 6.45) is -1.86. The fourth-order valence-corrected chi connectivity index (χ4v) is 6.47. The van der Waals surface area contributed by atoms with Gasteiger partial charge in [-0.3, -0.25) is 4.21 Å². The van der Waals surface area contributed by atoms with Crippen LogP contribution in [0.15, 0.2) is 71.0 Å². The number of hydrogen-bond donors (Lipinski definition) is 0. The SMILES string of the molecule is CC(C)S(=O)(=O)c1nc2n(n1)[C@H](c1ccccc1)C[C@@H]2F.CC(C)S(=O)c1nc2n(n1)[C@H](c1ccccc1)C[C@@H]2F. The molecule has 6 rings (SSSR count). The molecule has 4 heterocycles. The third kappa shape index (κ3) is 5.61. The van der Waals surface area contributed by atoms with Crippen molar-refractivity contribution >= 4 is 20.6 Å². The summed E-state index contributed by atoms with van der Waals surface area (Å²) < 4.78 is 67.6. The monoisotopic (exact) mass is 602 g/mol. The van der Waals surface area contributed by atoms with Crippen LogP contribution >= 0.6 is 0 Å². The maximum Gasteiger partial charge on any atom is 0.267 e. The molecule has 2 aliphatic heterocycles. The number of rotatable bonds is 6. The topological polar surface area (TPSA) is 113 Å². The molecule has 2 aromatic heterocycles. The van der Waals surface area contributed by atoms with Crippen molar-refractivity contribution < 1.29 is 21.4 Å². The molecule has 0 N–H and O–H groups in total. The minimum absolute atomic E-state index is 0.0774. The largest absolute Gasteiger partial charge is 0.267 e. The maximum atomic E-state index is 14.1. The van der Waals surface area contributed by atoms with Crippen LogP contribution in [0.5, 0.6) is 0 Å². The number of hydrogen-bond acceptors (Lipinski definition) is 7. The van der Waals surface area contributed by atoms with Crippen molar-refractivity contribution in [2.75, 3.05) is 0 Å². The van der Waals surface area contributed by atoms with Crippen LogP contribution in [0.4, 0.5) is 8.78 Å². The van der Waals surface area contributed by atoms with E-state index < -0.39 is 38.2 Å². The van der Waals surface area contributed by atoms with E-state index >= 15 is 0 Å². The lowest BCUT2D eigenvalue weighted by atomic mass is 10.0. The zero-order valence-electron chi connectivity index (χ0n) is 23.1. The standard InChI is InChI=1S/C14H16FN3O2S.C14H16FN3OS/c1-9(2)21(19,20)14-16-13-11(15)8-12(18(13)17-14)10-6-4-3-5-7-10;1-9(2)20(19)14-16-13-11(15)8-12(18(13)17-14)10-6-4-3-5-7-10/h3-7,9,11-12H,8H2,1-2H3;3-7,9,11-12H,8H2,1-2H3/t11-,12-;11-,12-,20?/m00/s1. The number of aromatic nitrogens is 6. The van der Waals surface area contributed by atoms with Crippen molar-refractivity contribution in [3.8, 4) is 0 Å². The highest BCUT2D eigenvalue weighted by Crippen LogP contribution is 2.40. The summed E-state index contributed by atoms with van der Waals surface area (Å²) in [5.74, 6) is 0.394. The second kappa shape index (κ2) is 11.5. The average molecular weight is 603 g/mol. The first kappa shape index (κ1) is 29.2. The Morgan fingerprint density at radius 2 is 1.24 bits per heavy atom. The van der Waals surface area contributed by atoms with Crippen LogP contribution in [0, 0.1) is 0 Å². The van der Waals surface area contributed by atoms with Crippen LogP contribution in [0.3, 0.4) is 0 Å². The van der Waals surface area contributed by atoms with Gasteiger partial charge in [0.25, 0.3) is 5.16 Å². The third-order valence-electron chi connectivity index (χ3n) is 7.14. The summed E-state index contributed by atoms with van der Waals surface area (Å²) in [5, 5.41) is 7.60. The Labute approximate surface area is 240 Å². The molecule has 0 saturated carbocycles. The quantitative estimate of drug-likeness (QED) is 0.296. The van der Waals surface area contributed by atoms with Crippen molar-refractivity contribution in [1.82, 2.24) is 29.5 Å². The molecule has 2 aliphatic rings. The van der Waals surface area contributed by atoms with Gasteiger partial charge in [0.05, 0.1) is 28.1 Å². The molecule has 1 unspecified atom stereocenters. The number of fused-ring (bicyclic) bond motifs is 2. The molecule has 218 valence electrons. The molecular weight excluding hydrogens is 570 g/mol. The van der Waals surface area contributed by atoms with E-state index in [0.29, 0.717) is 12.2 Å². The first-order valence-corrected chi connectivity index (χ1v) is 16.2. The van der Waals surface area contributed by atoms with E-state index in [-0.39, 0.29) is 39.9 Å². The molecule has 41 heavy (non-hydrogen) atoms. The van der Waals surface area contributed by atoms with E-state index in [0.717, 1.165) is 11.1 Å². The van der Waals surface area contributed by atoms with Crippen molar-refractivity contribution in [3.63, 3.8) is 0 Å². The molecule has 0 bridgehead atoms. The Morgan fingerprint density at radius 3 is 1.71 bits per heavy atom. The zero-order valence-corrected chi connectivity index (χ0v) is 24.8. The Hall–Kier alpha value is -3.32. The first-order chi connectivity index (χ1) is 19.5. The Bertz CT molecular complexity index is 1640. The van der Waals surface area contributed by atoms with Crippen molar-refractivity contribution in [2.24, 2.45) is 0 Å². The molecule has 0 spiro atoms. The highest BCUT2D eigenvalue weighted by Gasteiger charge is 2.38. The second-order valence-corrected chi connectivity index (χ2v) is 14.9. The lowest BCUT2D eigenvalue weighted by molar-refractivity contribution is 0.326. The van der Waals surface area contributed by atoms with Crippen LogP contribution in [0.1, 0.15) is 87.7 Å². The van der Waals surface area contributed by atoms with E-state index in [1.54, 1.807) is 18.5 Å². The predicted octanol–water partition coefficient (Wildman–Crippen LogP) is 5.26. The third-order valence-corrected chi connectivity index (χ3v) is 10.5. The Kier molecular flexibility index (Phi) is 8.20. The normalized spacial score (nSPS) is 22.3. The minimum Gasteiger partial charge on any atom is -0.251 e. The lowest BCUT2D eigenvalue weighted by Crippen LogP contribution is -2.17. The van der Waals surface area contributed by atoms with Crippen LogP contribution in [-0.4, -0.2) is 52.7 Å². The summed E-state index contributed by atoms with van der Waals surface area (Å²) in [6, 6.07) is 18.6. The molecule has 2 aromatic carbocycles. The van der Waals surface area contributed by atoms with Gasteiger partial charge >= 0.3 is 0 Å².